The minimum Gasteiger partial charge on any atom is -0.381 e. The van der Waals surface area contributed by atoms with E-state index in [4.69, 9.17) is 14.2 Å². The van der Waals surface area contributed by atoms with Gasteiger partial charge in [-0.15, -0.1) is 0 Å². The Labute approximate surface area is 119 Å². The normalized spacial score (nSPS) is 46.2. The monoisotopic (exact) mass is 274 g/mol. The molecule has 4 bridgehead atoms. The second-order valence-corrected chi connectivity index (χ2v) is 7.72. The van der Waals surface area contributed by atoms with Crippen LogP contribution in [0.1, 0.15) is 62.6 Å². The maximum absolute atomic E-state index is 5.75. The van der Waals surface area contributed by atoms with Crippen molar-refractivity contribution in [2.24, 2.45) is 17.8 Å². The Bertz CT molecular complexity index is 483. The van der Waals surface area contributed by atoms with E-state index in [0.717, 1.165) is 49.1 Å². The van der Waals surface area contributed by atoms with Gasteiger partial charge in [0.25, 0.3) is 0 Å². The molecule has 2 heterocycles. The predicted octanol–water partition coefficient (Wildman–Crippen LogP) is 3.04. The van der Waals surface area contributed by atoms with Gasteiger partial charge >= 0.3 is 0 Å². The van der Waals surface area contributed by atoms with Crippen molar-refractivity contribution in [1.82, 2.24) is 10.1 Å². The van der Waals surface area contributed by atoms with Gasteiger partial charge in [0.05, 0.1) is 12.0 Å². The quantitative estimate of drug-likeness (QED) is 0.831. The van der Waals surface area contributed by atoms with Crippen LogP contribution in [0.25, 0.3) is 0 Å². The summed E-state index contributed by atoms with van der Waals surface area (Å²) in [5, 5.41) is 4.29. The second kappa shape index (κ2) is 4.06. The lowest BCUT2D eigenvalue weighted by atomic mass is 9.49. The molecule has 1 aromatic rings. The molecule has 108 valence electrons. The minimum atomic E-state index is 0.236. The number of aromatic nitrogens is 2. The lowest BCUT2D eigenvalue weighted by Gasteiger charge is -2.55. The molecule has 1 atom stereocenters. The third-order valence-corrected chi connectivity index (χ3v) is 6.23. The maximum atomic E-state index is 5.75. The highest BCUT2D eigenvalue weighted by atomic mass is 16.5. The van der Waals surface area contributed by atoms with Gasteiger partial charge in [-0.3, -0.25) is 0 Å². The van der Waals surface area contributed by atoms with Crippen LogP contribution in [0.2, 0.25) is 0 Å². The van der Waals surface area contributed by atoms with E-state index in [2.05, 4.69) is 5.16 Å². The minimum absolute atomic E-state index is 0.236. The molecular weight excluding hydrogens is 252 g/mol. The standard InChI is InChI=1S/C16H22N2O2/c1-2-19-9-13(1)14-17-15(20-18-14)16-6-10-3-11(7-16)5-12(4-10)8-16/h10-13H,1-9H2. The third-order valence-electron chi connectivity index (χ3n) is 6.23. The summed E-state index contributed by atoms with van der Waals surface area (Å²) in [5.41, 5.74) is 0.236. The van der Waals surface area contributed by atoms with Crippen molar-refractivity contribution in [2.75, 3.05) is 13.2 Å². The van der Waals surface area contributed by atoms with E-state index >= 15 is 0 Å². The molecule has 4 aliphatic carbocycles. The van der Waals surface area contributed by atoms with Crippen molar-refractivity contribution in [1.29, 1.82) is 0 Å². The summed E-state index contributed by atoms with van der Waals surface area (Å²) in [6.07, 6.45) is 9.29. The van der Waals surface area contributed by atoms with Crippen molar-refractivity contribution < 1.29 is 9.26 Å². The van der Waals surface area contributed by atoms with Crippen LogP contribution in [0.15, 0.2) is 4.52 Å². The van der Waals surface area contributed by atoms with Crippen LogP contribution >= 0.6 is 0 Å². The van der Waals surface area contributed by atoms with Gasteiger partial charge in [-0.05, 0) is 62.7 Å². The van der Waals surface area contributed by atoms with E-state index in [1.807, 2.05) is 0 Å². The van der Waals surface area contributed by atoms with Gasteiger partial charge in [0.15, 0.2) is 5.82 Å². The molecule has 0 radical (unpaired) electrons. The Morgan fingerprint density at radius 3 is 2.30 bits per heavy atom. The first-order valence-corrected chi connectivity index (χ1v) is 8.22. The summed E-state index contributed by atoms with van der Waals surface area (Å²) >= 11 is 0. The highest BCUT2D eigenvalue weighted by molar-refractivity contribution is 5.16. The number of ether oxygens (including phenoxy) is 1. The fourth-order valence-electron chi connectivity index (χ4n) is 5.73. The third kappa shape index (κ3) is 1.63. The zero-order valence-electron chi connectivity index (χ0n) is 11.9. The zero-order valence-corrected chi connectivity index (χ0v) is 11.9. The number of rotatable bonds is 2. The average Bonchev–Trinajstić information content (AvgIpc) is 3.09. The van der Waals surface area contributed by atoms with Gasteiger partial charge < -0.3 is 9.26 Å². The Kier molecular flexibility index (Phi) is 2.38. The van der Waals surface area contributed by atoms with E-state index in [0.29, 0.717) is 5.92 Å². The second-order valence-electron chi connectivity index (χ2n) is 7.72. The van der Waals surface area contributed by atoms with Crippen molar-refractivity contribution in [2.45, 2.75) is 56.3 Å². The first kappa shape index (κ1) is 11.7. The Morgan fingerprint density at radius 1 is 1.00 bits per heavy atom. The molecule has 0 amide bonds. The predicted molar refractivity (Wildman–Crippen MR) is 72.3 cm³/mol. The largest absolute Gasteiger partial charge is 0.381 e. The van der Waals surface area contributed by atoms with Crippen molar-refractivity contribution in [3.63, 3.8) is 0 Å². The zero-order chi connectivity index (χ0) is 13.2. The Balaban J connectivity index is 1.47. The highest BCUT2D eigenvalue weighted by Gasteiger charge is 2.54. The van der Waals surface area contributed by atoms with E-state index in [-0.39, 0.29) is 5.41 Å². The van der Waals surface area contributed by atoms with Gasteiger partial charge in [0.1, 0.15) is 0 Å². The highest BCUT2D eigenvalue weighted by Crippen LogP contribution is 2.60. The summed E-state index contributed by atoms with van der Waals surface area (Å²) in [5.74, 6) is 4.98. The molecule has 5 aliphatic rings. The molecule has 1 aliphatic heterocycles. The molecule has 5 fully saturated rings. The molecular formula is C16H22N2O2. The number of nitrogens with zero attached hydrogens (tertiary/aromatic N) is 2. The molecule has 1 saturated heterocycles. The summed E-state index contributed by atoms with van der Waals surface area (Å²) < 4.78 is 11.2. The summed E-state index contributed by atoms with van der Waals surface area (Å²) in [7, 11) is 0. The van der Waals surface area contributed by atoms with Crippen molar-refractivity contribution >= 4 is 0 Å². The Hall–Kier alpha value is -0.900. The lowest BCUT2D eigenvalue weighted by Crippen LogP contribution is -2.48. The van der Waals surface area contributed by atoms with Crippen LogP contribution in [-0.4, -0.2) is 23.4 Å². The molecule has 0 aromatic carbocycles. The molecule has 20 heavy (non-hydrogen) atoms. The van der Waals surface area contributed by atoms with Crippen LogP contribution in [0.5, 0.6) is 0 Å². The summed E-state index contributed by atoms with van der Waals surface area (Å²) in [4.78, 5) is 4.82. The van der Waals surface area contributed by atoms with E-state index < -0.39 is 0 Å². The topological polar surface area (TPSA) is 48.2 Å². The molecule has 0 spiro atoms. The number of hydrogen-bond donors (Lipinski definition) is 0. The number of hydrogen-bond acceptors (Lipinski definition) is 4. The Morgan fingerprint density at radius 2 is 1.70 bits per heavy atom. The van der Waals surface area contributed by atoms with E-state index in [9.17, 15) is 0 Å². The fourth-order valence-corrected chi connectivity index (χ4v) is 5.73. The molecule has 1 unspecified atom stereocenters. The average molecular weight is 274 g/mol. The molecule has 0 N–H and O–H groups in total. The first-order valence-electron chi connectivity index (χ1n) is 8.22. The van der Waals surface area contributed by atoms with Crippen LogP contribution in [-0.2, 0) is 10.2 Å². The SMILES string of the molecule is C1CC(c2noc(C34CC5CC(CC(C5)C3)C4)n2)CO1. The van der Waals surface area contributed by atoms with Crippen LogP contribution < -0.4 is 0 Å². The van der Waals surface area contributed by atoms with Gasteiger partial charge in [-0.1, -0.05) is 5.16 Å². The van der Waals surface area contributed by atoms with Gasteiger partial charge in [-0.25, -0.2) is 0 Å². The fraction of sp³-hybridized carbons (Fsp3) is 0.875. The molecule has 6 rings (SSSR count). The maximum Gasteiger partial charge on any atom is 0.232 e. The summed E-state index contributed by atoms with van der Waals surface area (Å²) in [6, 6.07) is 0. The van der Waals surface area contributed by atoms with Gasteiger partial charge in [0.2, 0.25) is 5.89 Å². The molecule has 4 heteroatoms. The summed E-state index contributed by atoms with van der Waals surface area (Å²) in [6.45, 7) is 1.60. The molecule has 4 nitrogen and oxygen atoms in total. The lowest BCUT2D eigenvalue weighted by molar-refractivity contribution is -0.0201. The van der Waals surface area contributed by atoms with Crippen molar-refractivity contribution in [3.8, 4) is 0 Å². The van der Waals surface area contributed by atoms with Gasteiger partial charge in [0, 0.05) is 12.5 Å². The molecule has 1 aromatic heterocycles. The smallest absolute Gasteiger partial charge is 0.232 e. The van der Waals surface area contributed by atoms with Crippen LogP contribution in [0, 0.1) is 17.8 Å². The molecule has 4 saturated carbocycles. The van der Waals surface area contributed by atoms with E-state index in [1.165, 1.54) is 38.5 Å². The van der Waals surface area contributed by atoms with Crippen LogP contribution in [0.4, 0.5) is 0 Å². The first-order chi connectivity index (χ1) is 9.81. The van der Waals surface area contributed by atoms with Crippen LogP contribution in [0.3, 0.4) is 0 Å². The van der Waals surface area contributed by atoms with Crippen molar-refractivity contribution in [3.05, 3.63) is 11.7 Å². The van der Waals surface area contributed by atoms with E-state index in [1.54, 1.807) is 0 Å². The van der Waals surface area contributed by atoms with Gasteiger partial charge in [-0.2, -0.15) is 4.98 Å².